The van der Waals surface area contributed by atoms with Crippen LogP contribution in [0.4, 0.5) is 0 Å². The largest absolute Gasteiger partial charge is 0.465 e. The zero-order valence-corrected chi connectivity index (χ0v) is 11.7. The Labute approximate surface area is 124 Å². The van der Waals surface area contributed by atoms with Gasteiger partial charge in [-0.25, -0.2) is 4.79 Å². The predicted octanol–water partition coefficient (Wildman–Crippen LogP) is 3.62. The summed E-state index contributed by atoms with van der Waals surface area (Å²) in [5.74, 6) is -0.348. The molecule has 0 spiro atoms. The van der Waals surface area contributed by atoms with Crippen molar-refractivity contribution < 1.29 is 9.53 Å². The summed E-state index contributed by atoms with van der Waals surface area (Å²) in [5.41, 5.74) is 3.11. The van der Waals surface area contributed by atoms with E-state index in [-0.39, 0.29) is 5.97 Å². The number of hydrogen-bond donors (Lipinski definition) is 0. The molecular weight excluding hydrogens is 262 g/mol. The molecule has 0 aliphatic carbocycles. The van der Waals surface area contributed by atoms with Crippen LogP contribution in [0.2, 0.25) is 0 Å². The first-order valence-electron chi connectivity index (χ1n) is 6.57. The molecule has 0 aromatic heterocycles. The Bertz CT molecular complexity index is 679. The van der Waals surface area contributed by atoms with Crippen LogP contribution in [0.1, 0.15) is 21.5 Å². The summed E-state index contributed by atoms with van der Waals surface area (Å²) in [7, 11) is 1.36. The van der Waals surface area contributed by atoms with Gasteiger partial charge >= 0.3 is 5.97 Å². The van der Waals surface area contributed by atoms with Crippen LogP contribution in [-0.4, -0.2) is 13.1 Å². The van der Waals surface area contributed by atoms with E-state index in [1.54, 1.807) is 12.1 Å². The molecule has 0 unspecified atom stereocenters. The van der Waals surface area contributed by atoms with Gasteiger partial charge in [-0.05, 0) is 29.7 Å². The molecule has 0 amide bonds. The highest BCUT2D eigenvalue weighted by Crippen LogP contribution is 2.15. The van der Waals surface area contributed by atoms with Gasteiger partial charge in [0, 0.05) is 0 Å². The summed E-state index contributed by atoms with van der Waals surface area (Å²) >= 11 is 0. The van der Waals surface area contributed by atoms with Crippen LogP contribution in [-0.2, 0) is 11.2 Å². The Balaban J connectivity index is 2.13. The van der Waals surface area contributed by atoms with E-state index >= 15 is 0 Å². The number of hydrogen-bond acceptors (Lipinski definition) is 3. The number of methoxy groups -OCH3 is 1. The van der Waals surface area contributed by atoms with Crippen LogP contribution < -0.4 is 0 Å². The molecule has 0 atom stereocenters. The van der Waals surface area contributed by atoms with E-state index in [0.29, 0.717) is 17.6 Å². The van der Waals surface area contributed by atoms with Gasteiger partial charge in [0.05, 0.1) is 24.3 Å². The normalized spacial score (nSPS) is 10.8. The van der Waals surface area contributed by atoms with Gasteiger partial charge in [0.25, 0.3) is 0 Å². The molecular formula is C18H15NO2. The van der Waals surface area contributed by atoms with Crippen molar-refractivity contribution in [3.63, 3.8) is 0 Å². The van der Waals surface area contributed by atoms with Crippen LogP contribution in [0.15, 0.2) is 60.7 Å². The van der Waals surface area contributed by atoms with Crippen molar-refractivity contribution in [2.45, 2.75) is 6.42 Å². The summed E-state index contributed by atoms with van der Waals surface area (Å²) in [6.07, 6.45) is 2.53. The van der Waals surface area contributed by atoms with Crippen molar-refractivity contribution in [3.8, 4) is 6.07 Å². The summed E-state index contributed by atoms with van der Waals surface area (Å²) in [5, 5.41) is 9.23. The first-order valence-corrected chi connectivity index (χ1v) is 6.57. The minimum atomic E-state index is -0.348. The minimum absolute atomic E-state index is 0.348. The molecule has 3 heteroatoms. The van der Waals surface area contributed by atoms with E-state index < -0.39 is 0 Å². The van der Waals surface area contributed by atoms with Crippen LogP contribution >= 0.6 is 0 Å². The number of allylic oxidation sites excluding steroid dienone is 2. The molecule has 0 N–H and O–H groups in total. The van der Waals surface area contributed by atoms with E-state index in [0.717, 1.165) is 11.1 Å². The van der Waals surface area contributed by atoms with Gasteiger partial charge in [-0.2, -0.15) is 5.26 Å². The lowest BCUT2D eigenvalue weighted by Crippen LogP contribution is -2.00. The van der Waals surface area contributed by atoms with Crippen molar-refractivity contribution in [2.24, 2.45) is 0 Å². The Morgan fingerprint density at radius 1 is 1.10 bits per heavy atom. The molecule has 0 fully saturated rings. The lowest BCUT2D eigenvalue weighted by atomic mass is 10.0. The molecule has 104 valence electrons. The second kappa shape index (κ2) is 7.06. The molecule has 0 bridgehead atoms. The number of carbonyl (C=O) groups is 1. The van der Waals surface area contributed by atoms with Gasteiger partial charge in [-0.15, -0.1) is 0 Å². The third-order valence-electron chi connectivity index (χ3n) is 3.12. The number of benzene rings is 2. The van der Waals surface area contributed by atoms with E-state index in [9.17, 15) is 10.1 Å². The molecule has 2 aromatic rings. The fraction of sp³-hybridized carbons (Fsp3) is 0.111. The second-order valence-corrected chi connectivity index (χ2v) is 4.49. The van der Waals surface area contributed by atoms with Gasteiger partial charge in [0.2, 0.25) is 0 Å². The number of ether oxygens (including phenoxy) is 1. The fourth-order valence-electron chi connectivity index (χ4n) is 1.96. The topological polar surface area (TPSA) is 50.1 Å². The van der Waals surface area contributed by atoms with E-state index in [2.05, 4.69) is 10.8 Å². The number of esters is 1. The van der Waals surface area contributed by atoms with Gasteiger partial charge < -0.3 is 4.74 Å². The Hall–Kier alpha value is -2.86. The maximum absolute atomic E-state index is 11.3. The molecule has 3 nitrogen and oxygen atoms in total. The van der Waals surface area contributed by atoms with Crippen LogP contribution in [0.5, 0.6) is 0 Å². The van der Waals surface area contributed by atoms with Gasteiger partial charge in [-0.3, -0.25) is 0 Å². The van der Waals surface area contributed by atoms with Crippen LogP contribution in [0.3, 0.4) is 0 Å². The zero-order valence-electron chi connectivity index (χ0n) is 11.7. The fourth-order valence-corrected chi connectivity index (χ4v) is 1.96. The smallest absolute Gasteiger partial charge is 0.337 e. The quantitative estimate of drug-likeness (QED) is 0.633. The van der Waals surface area contributed by atoms with Crippen molar-refractivity contribution in [2.75, 3.05) is 7.11 Å². The molecule has 0 aliphatic heterocycles. The highest BCUT2D eigenvalue weighted by molar-refractivity contribution is 5.89. The Kier molecular flexibility index (Phi) is 4.89. The summed E-state index contributed by atoms with van der Waals surface area (Å²) in [6, 6.07) is 19.0. The second-order valence-electron chi connectivity index (χ2n) is 4.49. The molecule has 2 aromatic carbocycles. The molecule has 0 heterocycles. The van der Waals surface area contributed by atoms with Crippen molar-refractivity contribution in [3.05, 3.63) is 77.4 Å². The van der Waals surface area contributed by atoms with Gasteiger partial charge in [0.15, 0.2) is 0 Å². The maximum atomic E-state index is 11.3. The first kappa shape index (κ1) is 14.5. The molecule has 0 radical (unpaired) electrons. The monoisotopic (exact) mass is 277 g/mol. The highest BCUT2D eigenvalue weighted by Gasteiger charge is 2.04. The molecule has 2 rings (SSSR count). The summed E-state index contributed by atoms with van der Waals surface area (Å²) in [4.78, 5) is 11.3. The van der Waals surface area contributed by atoms with E-state index in [1.807, 2.05) is 48.5 Å². The van der Waals surface area contributed by atoms with Gasteiger partial charge in [0.1, 0.15) is 0 Å². The first-order chi connectivity index (χ1) is 10.2. The highest BCUT2D eigenvalue weighted by atomic mass is 16.5. The molecule has 0 aliphatic rings. The van der Waals surface area contributed by atoms with Crippen molar-refractivity contribution >= 4 is 11.5 Å². The zero-order chi connectivity index (χ0) is 15.1. The molecule has 21 heavy (non-hydrogen) atoms. The number of nitriles is 1. The number of carbonyl (C=O) groups excluding carboxylic acids is 1. The average molecular weight is 277 g/mol. The van der Waals surface area contributed by atoms with Crippen LogP contribution in [0.25, 0.3) is 5.57 Å². The minimum Gasteiger partial charge on any atom is -0.465 e. The molecule has 0 saturated heterocycles. The van der Waals surface area contributed by atoms with E-state index in [1.165, 1.54) is 7.11 Å². The SMILES string of the molecule is COC(=O)c1ccc(C/C=C(\C#N)c2ccccc2)cc1. The lowest BCUT2D eigenvalue weighted by Gasteiger charge is -2.02. The van der Waals surface area contributed by atoms with E-state index in [4.69, 9.17) is 0 Å². The molecule has 0 saturated carbocycles. The third-order valence-corrected chi connectivity index (χ3v) is 3.12. The van der Waals surface area contributed by atoms with Crippen molar-refractivity contribution in [1.82, 2.24) is 0 Å². The standard InChI is InChI=1S/C18H15NO2/c1-21-18(20)16-10-7-14(8-11-16)9-12-17(13-19)15-5-3-2-4-6-15/h2-8,10-12H,9H2,1H3/b17-12+. The number of rotatable bonds is 4. The lowest BCUT2D eigenvalue weighted by molar-refractivity contribution is 0.0600. The predicted molar refractivity (Wildman–Crippen MR) is 81.5 cm³/mol. The summed E-state index contributed by atoms with van der Waals surface area (Å²) < 4.78 is 4.66. The number of nitrogens with zero attached hydrogens (tertiary/aromatic N) is 1. The third kappa shape index (κ3) is 3.80. The Morgan fingerprint density at radius 2 is 1.76 bits per heavy atom. The van der Waals surface area contributed by atoms with Crippen molar-refractivity contribution in [1.29, 1.82) is 5.26 Å². The Morgan fingerprint density at radius 3 is 2.33 bits per heavy atom. The van der Waals surface area contributed by atoms with Crippen LogP contribution in [0, 0.1) is 11.3 Å². The summed E-state index contributed by atoms with van der Waals surface area (Å²) in [6.45, 7) is 0. The van der Waals surface area contributed by atoms with Gasteiger partial charge in [-0.1, -0.05) is 48.5 Å². The maximum Gasteiger partial charge on any atom is 0.337 e. The average Bonchev–Trinajstić information content (AvgIpc) is 2.56.